The molecule has 0 radical (unpaired) electrons. The Balaban J connectivity index is 1.44. The molecule has 2 aliphatic rings. The third-order valence-electron chi connectivity index (χ3n) is 6.37. The van der Waals surface area contributed by atoms with Gasteiger partial charge < -0.3 is 4.90 Å². The van der Waals surface area contributed by atoms with Crippen molar-refractivity contribution >= 4 is 16.7 Å². The van der Waals surface area contributed by atoms with Crippen molar-refractivity contribution in [2.45, 2.75) is 19.3 Å². The second-order valence-corrected chi connectivity index (χ2v) is 8.15. The van der Waals surface area contributed by atoms with Crippen molar-refractivity contribution in [1.82, 2.24) is 24.8 Å². The van der Waals surface area contributed by atoms with Crippen LogP contribution in [-0.4, -0.2) is 57.6 Å². The van der Waals surface area contributed by atoms with E-state index in [2.05, 4.69) is 25.7 Å². The third-order valence-corrected chi connectivity index (χ3v) is 6.37. The summed E-state index contributed by atoms with van der Waals surface area (Å²) >= 11 is 0. The van der Waals surface area contributed by atoms with Crippen LogP contribution in [-0.2, 0) is 0 Å². The number of hydrogen-bond donors (Lipinski definition) is 0. The number of likely N-dealkylation sites (tertiary alicyclic amines) is 1. The van der Waals surface area contributed by atoms with Crippen LogP contribution < -0.4 is 4.90 Å². The molecule has 0 amide bonds. The van der Waals surface area contributed by atoms with Crippen molar-refractivity contribution in [3.63, 3.8) is 0 Å². The second kappa shape index (κ2) is 7.41. The van der Waals surface area contributed by atoms with Crippen LogP contribution in [0.15, 0.2) is 43.0 Å². The number of hydrogen-bond acceptors (Lipinski definition) is 6. The normalized spacial score (nSPS) is 18.9. The van der Waals surface area contributed by atoms with Gasteiger partial charge in [-0.3, -0.25) is 14.9 Å². The molecule has 146 valence electrons. The molecule has 29 heavy (non-hydrogen) atoms. The summed E-state index contributed by atoms with van der Waals surface area (Å²) < 4.78 is 0. The van der Waals surface area contributed by atoms with E-state index in [1.54, 1.807) is 12.4 Å². The van der Waals surface area contributed by atoms with Crippen LogP contribution in [0.4, 0.5) is 5.82 Å². The van der Waals surface area contributed by atoms with Crippen LogP contribution in [0.2, 0.25) is 0 Å². The summed E-state index contributed by atoms with van der Waals surface area (Å²) in [6, 6.07) is 5.92. The van der Waals surface area contributed by atoms with E-state index < -0.39 is 0 Å². The number of terminal acetylenes is 1. The molecule has 5 heterocycles. The molecule has 2 aliphatic heterocycles. The van der Waals surface area contributed by atoms with Crippen molar-refractivity contribution in [3.05, 3.63) is 43.0 Å². The smallest absolute Gasteiger partial charge is 0.162 e. The molecule has 2 fully saturated rings. The molecule has 0 unspecified atom stereocenters. The average Bonchev–Trinajstić information content (AvgIpc) is 3.16. The zero-order chi connectivity index (χ0) is 19.7. The van der Waals surface area contributed by atoms with Gasteiger partial charge in [0.1, 0.15) is 5.82 Å². The van der Waals surface area contributed by atoms with Crippen LogP contribution >= 0.6 is 0 Å². The molecule has 2 saturated heterocycles. The molecular formula is C23H24N6. The monoisotopic (exact) mass is 384 g/mol. The highest BCUT2D eigenvalue weighted by atomic mass is 15.2. The summed E-state index contributed by atoms with van der Waals surface area (Å²) in [5.74, 6) is 4.53. The first-order chi connectivity index (χ1) is 14.3. The van der Waals surface area contributed by atoms with Crippen LogP contribution in [0.3, 0.4) is 0 Å². The third kappa shape index (κ3) is 3.43. The van der Waals surface area contributed by atoms with Crippen LogP contribution in [0.5, 0.6) is 0 Å². The Morgan fingerprint density at radius 3 is 2.52 bits per heavy atom. The van der Waals surface area contributed by atoms with Crippen molar-refractivity contribution in [2.75, 3.05) is 37.6 Å². The maximum Gasteiger partial charge on any atom is 0.162 e. The quantitative estimate of drug-likeness (QED) is 0.647. The van der Waals surface area contributed by atoms with Crippen LogP contribution in [0.25, 0.3) is 22.3 Å². The average molecular weight is 384 g/mol. The Labute approximate surface area is 171 Å². The number of aromatic nitrogens is 4. The Kier molecular flexibility index (Phi) is 4.61. The summed E-state index contributed by atoms with van der Waals surface area (Å²) in [6.07, 6.45) is 16.3. The lowest BCUT2D eigenvalue weighted by Crippen LogP contribution is -2.42. The predicted molar refractivity (Wildman–Crippen MR) is 114 cm³/mol. The van der Waals surface area contributed by atoms with Gasteiger partial charge in [0.15, 0.2) is 5.82 Å². The fourth-order valence-corrected chi connectivity index (χ4v) is 4.73. The number of pyridine rings is 2. The van der Waals surface area contributed by atoms with Crippen molar-refractivity contribution in [2.24, 2.45) is 5.41 Å². The van der Waals surface area contributed by atoms with E-state index >= 15 is 0 Å². The molecule has 6 heteroatoms. The molecule has 1 spiro atoms. The molecule has 6 nitrogen and oxygen atoms in total. The van der Waals surface area contributed by atoms with E-state index in [0.717, 1.165) is 60.8 Å². The van der Waals surface area contributed by atoms with E-state index in [-0.39, 0.29) is 0 Å². The Hall–Kier alpha value is -3.04. The fourth-order valence-electron chi connectivity index (χ4n) is 4.73. The van der Waals surface area contributed by atoms with Crippen molar-refractivity contribution in [1.29, 1.82) is 0 Å². The summed E-state index contributed by atoms with van der Waals surface area (Å²) in [5, 5.41) is 1.06. The number of anilines is 1. The highest BCUT2D eigenvalue weighted by Gasteiger charge is 2.40. The standard InChI is InChI=1S/C23H24N6/c1-2-12-28-13-6-23(17-28)7-14-29(15-8-23)22-19-5-11-25-16-20(19)26-21(27-22)18-3-9-24-10-4-18/h1,3-5,9-11,16H,6-8,12-15,17H2. The van der Waals surface area contributed by atoms with Gasteiger partial charge in [0.25, 0.3) is 0 Å². The van der Waals surface area contributed by atoms with Gasteiger partial charge in [-0.1, -0.05) is 5.92 Å². The minimum Gasteiger partial charge on any atom is -0.356 e. The number of nitrogens with zero attached hydrogens (tertiary/aromatic N) is 6. The zero-order valence-corrected chi connectivity index (χ0v) is 16.5. The lowest BCUT2D eigenvalue weighted by Gasteiger charge is -2.40. The molecular weight excluding hydrogens is 360 g/mol. The molecule has 3 aromatic heterocycles. The Morgan fingerprint density at radius 1 is 0.966 bits per heavy atom. The van der Waals surface area contributed by atoms with Crippen LogP contribution in [0, 0.1) is 17.8 Å². The number of piperidine rings is 1. The first-order valence-corrected chi connectivity index (χ1v) is 10.2. The van der Waals surface area contributed by atoms with Gasteiger partial charge in [0.05, 0.1) is 18.3 Å². The molecule has 0 bridgehead atoms. The van der Waals surface area contributed by atoms with Gasteiger partial charge >= 0.3 is 0 Å². The van der Waals surface area contributed by atoms with E-state index in [9.17, 15) is 0 Å². The topological polar surface area (TPSA) is 58.0 Å². The zero-order valence-electron chi connectivity index (χ0n) is 16.5. The van der Waals surface area contributed by atoms with Crippen molar-refractivity contribution in [3.8, 4) is 23.7 Å². The molecule has 0 aliphatic carbocycles. The maximum absolute atomic E-state index is 5.52. The SMILES string of the molecule is C#CCN1CCC2(CCN(c3nc(-c4ccncc4)nc4cnccc34)CC2)C1. The summed E-state index contributed by atoms with van der Waals surface area (Å²) in [4.78, 5) is 23.0. The first kappa shape index (κ1) is 18.0. The van der Waals surface area contributed by atoms with Gasteiger partial charge in [-0.15, -0.1) is 6.42 Å². The Bertz CT molecular complexity index is 1050. The Morgan fingerprint density at radius 2 is 1.72 bits per heavy atom. The van der Waals surface area contributed by atoms with Crippen LogP contribution in [0.1, 0.15) is 19.3 Å². The summed E-state index contributed by atoms with van der Waals surface area (Å²) in [6.45, 7) is 5.03. The summed E-state index contributed by atoms with van der Waals surface area (Å²) in [7, 11) is 0. The van der Waals surface area contributed by atoms with Gasteiger partial charge in [-0.25, -0.2) is 9.97 Å². The van der Waals surface area contributed by atoms with Gasteiger partial charge in [0, 0.05) is 49.2 Å². The van der Waals surface area contributed by atoms with Gasteiger partial charge in [0.2, 0.25) is 0 Å². The molecule has 3 aromatic rings. The largest absolute Gasteiger partial charge is 0.356 e. The molecule has 5 rings (SSSR count). The highest BCUT2D eigenvalue weighted by Crippen LogP contribution is 2.41. The second-order valence-electron chi connectivity index (χ2n) is 8.15. The minimum atomic E-state index is 0.408. The highest BCUT2D eigenvalue weighted by molar-refractivity contribution is 5.90. The van der Waals surface area contributed by atoms with Gasteiger partial charge in [-0.05, 0) is 49.4 Å². The lowest BCUT2D eigenvalue weighted by molar-refractivity contribution is 0.217. The fraction of sp³-hybridized carbons (Fsp3) is 0.391. The molecule has 0 atom stereocenters. The first-order valence-electron chi connectivity index (χ1n) is 10.2. The minimum absolute atomic E-state index is 0.408. The molecule has 0 saturated carbocycles. The van der Waals surface area contributed by atoms with Crippen molar-refractivity contribution < 1.29 is 0 Å². The molecule has 0 aromatic carbocycles. The number of fused-ring (bicyclic) bond motifs is 1. The lowest BCUT2D eigenvalue weighted by atomic mass is 9.78. The van der Waals surface area contributed by atoms with E-state index in [0.29, 0.717) is 5.41 Å². The van der Waals surface area contributed by atoms with E-state index in [4.69, 9.17) is 16.4 Å². The van der Waals surface area contributed by atoms with E-state index in [1.165, 1.54) is 19.3 Å². The maximum atomic E-state index is 5.52. The molecule has 0 N–H and O–H groups in total. The number of rotatable bonds is 3. The van der Waals surface area contributed by atoms with E-state index in [1.807, 2.05) is 30.6 Å². The summed E-state index contributed by atoms with van der Waals surface area (Å²) in [5.41, 5.74) is 2.26. The van der Waals surface area contributed by atoms with Gasteiger partial charge in [-0.2, -0.15) is 0 Å². The predicted octanol–water partition coefficient (Wildman–Crippen LogP) is 3.01.